The Morgan fingerprint density at radius 2 is 2.16 bits per heavy atom. The van der Waals surface area contributed by atoms with Crippen LogP contribution in [0.25, 0.3) is 21.2 Å². The third-order valence-corrected chi connectivity index (χ3v) is 5.99. The lowest BCUT2D eigenvalue weighted by molar-refractivity contribution is 0.0961. The number of ether oxygens (including phenoxy) is 1. The van der Waals surface area contributed by atoms with Crippen molar-refractivity contribution >= 4 is 43.6 Å². The molecule has 162 valence electrons. The molecular formula is C23H19FN4O3S. The quantitative estimate of drug-likeness (QED) is 0.344. The first-order chi connectivity index (χ1) is 15.6. The number of furan rings is 1. The number of thiazole rings is 1. The third kappa shape index (κ3) is 3.82. The minimum atomic E-state index is -0.345. The average molecular weight is 450 g/mol. The number of nitrogens with zero attached hydrogens (tertiary/aromatic N) is 4. The van der Waals surface area contributed by atoms with Gasteiger partial charge in [0.2, 0.25) is 0 Å². The smallest absolute Gasteiger partial charge is 0.295 e. The molecule has 5 rings (SSSR count). The molecule has 0 aliphatic rings. The fourth-order valence-electron chi connectivity index (χ4n) is 3.46. The lowest BCUT2D eigenvalue weighted by atomic mass is 10.2. The monoisotopic (exact) mass is 450 g/mol. The van der Waals surface area contributed by atoms with E-state index in [4.69, 9.17) is 9.15 Å². The van der Waals surface area contributed by atoms with Crippen LogP contribution in [0, 0.1) is 5.82 Å². The van der Waals surface area contributed by atoms with E-state index in [0.29, 0.717) is 46.4 Å². The van der Waals surface area contributed by atoms with Crippen LogP contribution in [-0.2, 0) is 6.54 Å². The van der Waals surface area contributed by atoms with Gasteiger partial charge in [-0.15, -0.1) is 0 Å². The van der Waals surface area contributed by atoms with E-state index in [0.717, 1.165) is 5.39 Å². The topological polar surface area (TPSA) is 73.4 Å². The highest BCUT2D eigenvalue weighted by molar-refractivity contribution is 7.22. The van der Waals surface area contributed by atoms with Crippen molar-refractivity contribution in [2.45, 2.75) is 13.5 Å². The van der Waals surface area contributed by atoms with E-state index in [1.54, 1.807) is 34.0 Å². The van der Waals surface area contributed by atoms with Gasteiger partial charge in [-0.2, -0.15) is 5.10 Å². The van der Waals surface area contributed by atoms with Gasteiger partial charge in [-0.05, 0) is 43.3 Å². The molecule has 3 aromatic heterocycles. The van der Waals surface area contributed by atoms with Crippen molar-refractivity contribution in [3.63, 3.8) is 0 Å². The van der Waals surface area contributed by atoms with Gasteiger partial charge in [0, 0.05) is 24.3 Å². The van der Waals surface area contributed by atoms with Crippen molar-refractivity contribution in [2.24, 2.45) is 0 Å². The Kier molecular flexibility index (Phi) is 5.32. The van der Waals surface area contributed by atoms with Crippen molar-refractivity contribution in [1.29, 1.82) is 0 Å². The lowest BCUT2D eigenvalue weighted by Crippen LogP contribution is -2.33. The van der Waals surface area contributed by atoms with Gasteiger partial charge < -0.3 is 9.15 Å². The third-order valence-electron chi connectivity index (χ3n) is 4.95. The van der Waals surface area contributed by atoms with Crippen molar-refractivity contribution in [3.8, 4) is 5.75 Å². The van der Waals surface area contributed by atoms with Gasteiger partial charge in [0.15, 0.2) is 22.2 Å². The second-order valence-corrected chi connectivity index (χ2v) is 8.06. The number of aromatic nitrogens is 3. The molecule has 0 spiro atoms. The van der Waals surface area contributed by atoms with Gasteiger partial charge in [0.1, 0.15) is 5.82 Å². The Morgan fingerprint density at radius 1 is 1.25 bits per heavy atom. The SMILES string of the molecule is CCOc1cccc2cc(C(=O)N(CCn3cccn3)c3nc4ccc(F)cc4s3)oc12. The highest BCUT2D eigenvalue weighted by Gasteiger charge is 2.25. The fourth-order valence-corrected chi connectivity index (χ4v) is 4.48. The fraction of sp³-hybridized carbons (Fsp3) is 0.174. The van der Waals surface area contributed by atoms with Gasteiger partial charge in [0.05, 0.1) is 23.4 Å². The Hall–Kier alpha value is -3.72. The standard InChI is InChI=1S/C23H19FN4O3S/c1-2-30-18-6-3-5-15-13-19(31-21(15)18)22(29)28(12-11-27-10-4-9-25-27)23-26-17-8-7-16(24)14-20(17)32-23/h3-10,13-14H,2,11-12H2,1H3. The summed E-state index contributed by atoms with van der Waals surface area (Å²) in [4.78, 5) is 19.6. The Balaban J connectivity index is 1.53. The van der Waals surface area contributed by atoms with E-state index in [9.17, 15) is 9.18 Å². The van der Waals surface area contributed by atoms with Crippen molar-refractivity contribution in [2.75, 3.05) is 18.1 Å². The number of carbonyl (C=O) groups excluding carboxylic acids is 1. The molecule has 0 radical (unpaired) electrons. The number of para-hydroxylation sites is 1. The highest BCUT2D eigenvalue weighted by atomic mass is 32.1. The first-order valence-corrected chi connectivity index (χ1v) is 10.9. The zero-order valence-corrected chi connectivity index (χ0v) is 18.0. The summed E-state index contributed by atoms with van der Waals surface area (Å²) >= 11 is 1.26. The molecule has 0 bridgehead atoms. The summed E-state index contributed by atoms with van der Waals surface area (Å²) in [7, 11) is 0. The Labute approximate surface area is 186 Å². The maximum Gasteiger partial charge on any atom is 0.295 e. The predicted molar refractivity (Wildman–Crippen MR) is 121 cm³/mol. The summed E-state index contributed by atoms with van der Waals surface area (Å²) in [5, 5.41) is 5.45. The van der Waals surface area contributed by atoms with Crippen molar-refractivity contribution < 1.29 is 18.3 Å². The predicted octanol–water partition coefficient (Wildman–Crippen LogP) is 5.12. The molecule has 0 aliphatic carbocycles. The minimum Gasteiger partial charge on any atom is -0.490 e. The number of halogens is 1. The van der Waals surface area contributed by atoms with Crippen molar-refractivity contribution in [1.82, 2.24) is 14.8 Å². The zero-order valence-electron chi connectivity index (χ0n) is 17.2. The molecule has 0 fully saturated rings. The minimum absolute atomic E-state index is 0.179. The molecule has 7 nitrogen and oxygen atoms in total. The molecule has 32 heavy (non-hydrogen) atoms. The number of fused-ring (bicyclic) bond motifs is 2. The number of carbonyl (C=O) groups is 1. The number of benzene rings is 2. The van der Waals surface area contributed by atoms with E-state index >= 15 is 0 Å². The largest absolute Gasteiger partial charge is 0.490 e. The first-order valence-electron chi connectivity index (χ1n) is 10.1. The molecular weight excluding hydrogens is 431 g/mol. The molecule has 2 aromatic carbocycles. The number of anilines is 1. The van der Waals surface area contributed by atoms with Gasteiger partial charge in [-0.1, -0.05) is 23.5 Å². The molecule has 0 saturated carbocycles. The van der Waals surface area contributed by atoms with Gasteiger partial charge in [-0.25, -0.2) is 9.37 Å². The normalized spacial score (nSPS) is 11.3. The molecule has 0 atom stereocenters. The summed E-state index contributed by atoms with van der Waals surface area (Å²) in [6.45, 7) is 3.16. The Morgan fingerprint density at radius 3 is 2.97 bits per heavy atom. The number of amides is 1. The van der Waals surface area contributed by atoms with Crippen LogP contribution in [0.4, 0.5) is 9.52 Å². The average Bonchev–Trinajstić information content (AvgIpc) is 3.53. The number of rotatable bonds is 7. The van der Waals surface area contributed by atoms with Crippen LogP contribution in [0.5, 0.6) is 5.75 Å². The summed E-state index contributed by atoms with van der Waals surface area (Å²) in [5.74, 6) is 0.0823. The van der Waals surface area contributed by atoms with Crippen LogP contribution in [0.15, 0.2) is 65.3 Å². The van der Waals surface area contributed by atoms with Crippen LogP contribution < -0.4 is 9.64 Å². The molecule has 0 N–H and O–H groups in total. The molecule has 1 amide bonds. The van der Waals surface area contributed by atoms with Gasteiger partial charge in [0.25, 0.3) is 5.91 Å². The maximum atomic E-state index is 13.7. The molecule has 0 saturated heterocycles. The van der Waals surface area contributed by atoms with E-state index in [1.165, 1.54) is 23.5 Å². The number of hydrogen-bond acceptors (Lipinski definition) is 6. The van der Waals surface area contributed by atoms with Crippen LogP contribution >= 0.6 is 11.3 Å². The van der Waals surface area contributed by atoms with Crippen LogP contribution in [0.2, 0.25) is 0 Å². The van der Waals surface area contributed by atoms with Crippen LogP contribution in [0.3, 0.4) is 0 Å². The molecule has 0 aliphatic heterocycles. The summed E-state index contributed by atoms with van der Waals surface area (Å²) in [6, 6.07) is 13.4. The summed E-state index contributed by atoms with van der Waals surface area (Å²) in [6.07, 6.45) is 3.51. The second kappa shape index (κ2) is 8.43. The molecule has 0 unspecified atom stereocenters. The van der Waals surface area contributed by atoms with Gasteiger partial charge >= 0.3 is 0 Å². The lowest BCUT2D eigenvalue weighted by Gasteiger charge is -2.18. The first kappa shape index (κ1) is 20.2. The van der Waals surface area contributed by atoms with E-state index < -0.39 is 0 Å². The van der Waals surface area contributed by atoms with Crippen molar-refractivity contribution in [3.05, 3.63) is 72.5 Å². The van der Waals surface area contributed by atoms with Crippen LogP contribution in [-0.4, -0.2) is 33.8 Å². The van der Waals surface area contributed by atoms with E-state index in [1.807, 2.05) is 31.3 Å². The Bertz CT molecular complexity index is 1390. The second-order valence-electron chi connectivity index (χ2n) is 7.05. The molecule has 9 heteroatoms. The zero-order chi connectivity index (χ0) is 22.1. The highest BCUT2D eigenvalue weighted by Crippen LogP contribution is 2.33. The van der Waals surface area contributed by atoms with Crippen LogP contribution in [0.1, 0.15) is 17.5 Å². The summed E-state index contributed by atoms with van der Waals surface area (Å²) < 4.78 is 27.6. The maximum absolute atomic E-state index is 13.7. The number of hydrogen-bond donors (Lipinski definition) is 0. The molecule has 5 aromatic rings. The van der Waals surface area contributed by atoms with E-state index in [2.05, 4.69) is 10.1 Å². The van der Waals surface area contributed by atoms with E-state index in [-0.39, 0.29) is 17.5 Å². The summed E-state index contributed by atoms with van der Waals surface area (Å²) in [5.41, 5.74) is 1.16. The molecule has 3 heterocycles. The van der Waals surface area contributed by atoms with Gasteiger partial charge in [-0.3, -0.25) is 14.4 Å².